The van der Waals surface area contributed by atoms with Gasteiger partial charge in [-0.05, 0) is 43.7 Å². The van der Waals surface area contributed by atoms with Crippen LogP contribution in [0.4, 0.5) is 0 Å². The number of hydrogen-bond donors (Lipinski definition) is 0. The Morgan fingerprint density at radius 1 is 1.00 bits per heavy atom. The molecule has 1 aromatic carbocycles. The zero-order chi connectivity index (χ0) is 20.0. The lowest BCUT2D eigenvalue weighted by atomic mass is 10.0. The van der Waals surface area contributed by atoms with Crippen LogP contribution in [0, 0.1) is 6.92 Å². The highest BCUT2D eigenvalue weighted by Gasteiger charge is 2.12. The van der Waals surface area contributed by atoms with Crippen molar-refractivity contribution in [1.82, 2.24) is 9.88 Å². The number of benzene rings is 1. The molecule has 2 rings (SSSR count). The lowest BCUT2D eigenvalue weighted by Gasteiger charge is -2.19. The van der Waals surface area contributed by atoms with Gasteiger partial charge in [-0.3, -0.25) is 9.78 Å². The minimum atomic E-state index is 0.218. The van der Waals surface area contributed by atoms with Gasteiger partial charge >= 0.3 is 0 Å². The van der Waals surface area contributed by atoms with E-state index in [4.69, 9.17) is 0 Å². The summed E-state index contributed by atoms with van der Waals surface area (Å²) in [5, 5.41) is 0. The minimum Gasteiger partial charge on any atom is -0.337 e. The summed E-state index contributed by atoms with van der Waals surface area (Å²) in [6.07, 6.45) is 13.2. The zero-order valence-electron chi connectivity index (χ0n) is 17.4. The average molecular weight is 400 g/mol. The predicted molar refractivity (Wildman–Crippen MR) is 119 cm³/mol. The lowest BCUT2D eigenvalue weighted by molar-refractivity contribution is -0.131. The first kappa shape index (κ1) is 22.6. The maximum absolute atomic E-state index is 12.3. The molecule has 0 bridgehead atoms. The van der Waals surface area contributed by atoms with E-state index in [1.54, 1.807) is 11.3 Å². The van der Waals surface area contributed by atoms with Crippen LogP contribution < -0.4 is 0 Å². The van der Waals surface area contributed by atoms with E-state index >= 15 is 0 Å². The number of aryl methyl sites for hydroxylation is 2. The SMILES string of the molecule is [CH2]CN(Cc1cncs1)C(=O)CCCCCCCCc1ccc(CCC)cc1. The van der Waals surface area contributed by atoms with Gasteiger partial charge in [0.1, 0.15) is 0 Å². The van der Waals surface area contributed by atoms with Crippen molar-refractivity contribution in [3.8, 4) is 0 Å². The van der Waals surface area contributed by atoms with Crippen LogP contribution in [0.5, 0.6) is 0 Å². The highest BCUT2D eigenvalue weighted by atomic mass is 32.1. The third-order valence-electron chi connectivity index (χ3n) is 5.12. The van der Waals surface area contributed by atoms with Crippen molar-refractivity contribution in [3.05, 3.63) is 58.9 Å². The van der Waals surface area contributed by atoms with E-state index in [1.807, 2.05) is 16.6 Å². The van der Waals surface area contributed by atoms with Crippen LogP contribution >= 0.6 is 11.3 Å². The molecule has 1 heterocycles. The van der Waals surface area contributed by atoms with E-state index in [0.29, 0.717) is 19.5 Å². The van der Waals surface area contributed by atoms with Crippen LogP contribution in [0.3, 0.4) is 0 Å². The van der Waals surface area contributed by atoms with E-state index in [9.17, 15) is 4.79 Å². The Bertz CT molecular complexity index is 652. The van der Waals surface area contributed by atoms with Crippen LogP contribution in [0.1, 0.15) is 74.3 Å². The fourth-order valence-corrected chi connectivity index (χ4v) is 4.04. The number of nitrogens with zero attached hydrogens (tertiary/aromatic N) is 2. The highest BCUT2D eigenvalue weighted by Crippen LogP contribution is 2.14. The van der Waals surface area contributed by atoms with Gasteiger partial charge in [-0.2, -0.15) is 0 Å². The summed E-state index contributed by atoms with van der Waals surface area (Å²) >= 11 is 1.59. The molecule has 153 valence electrons. The number of hydrogen-bond acceptors (Lipinski definition) is 3. The number of aromatic nitrogens is 1. The third kappa shape index (κ3) is 8.55. The van der Waals surface area contributed by atoms with Gasteiger partial charge in [0.15, 0.2) is 0 Å². The van der Waals surface area contributed by atoms with Gasteiger partial charge in [-0.25, -0.2) is 0 Å². The molecular formula is C24H35N2OS. The number of carbonyl (C=O) groups is 1. The molecule has 3 nitrogen and oxygen atoms in total. The molecule has 1 amide bonds. The lowest BCUT2D eigenvalue weighted by Crippen LogP contribution is -2.29. The van der Waals surface area contributed by atoms with E-state index in [0.717, 1.165) is 17.7 Å². The molecule has 4 heteroatoms. The number of rotatable bonds is 14. The Kier molecular flexibility index (Phi) is 10.9. The Labute approximate surface area is 175 Å². The summed E-state index contributed by atoms with van der Waals surface area (Å²) in [4.78, 5) is 19.4. The van der Waals surface area contributed by atoms with Gasteiger partial charge in [0.05, 0.1) is 12.1 Å². The smallest absolute Gasteiger partial charge is 0.222 e. The quantitative estimate of drug-likeness (QED) is 0.353. The summed E-state index contributed by atoms with van der Waals surface area (Å²) in [5.41, 5.74) is 4.72. The summed E-state index contributed by atoms with van der Waals surface area (Å²) in [5.74, 6) is 0.218. The van der Waals surface area contributed by atoms with Gasteiger partial charge in [-0.1, -0.05) is 63.3 Å². The molecule has 2 aromatic rings. The standard InChI is InChI=1S/C24H35N2OS/c1-3-11-21-14-16-22(17-15-21)12-9-7-5-6-8-10-13-24(27)26(4-2)19-23-18-25-20-28-23/h14-18,20H,2-13,19H2,1H3. The largest absolute Gasteiger partial charge is 0.337 e. The molecule has 1 aromatic heterocycles. The maximum Gasteiger partial charge on any atom is 0.222 e. The Hall–Kier alpha value is -1.68. The molecule has 0 atom stereocenters. The monoisotopic (exact) mass is 399 g/mol. The second kappa shape index (κ2) is 13.5. The van der Waals surface area contributed by atoms with Crippen LogP contribution in [-0.2, 0) is 24.2 Å². The van der Waals surface area contributed by atoms with Crippen LogP contribution in [0.2, 0.25) is 0 Å². The van der Waals surface area contributed by atoms with Crippen molar-refractivity contribution in [2.45, 2.75) is 77.7 Å². The van der Waals surface area contributed by atoms with Crippen molar-refractivity contribution in [2.75, 3.05) is 6.54 Å². The molecule has 0 aliphatic rings. The molecule has 0 saturated carbocycles. The zero-order valence-corrected chi connectivity index (χ0v) is 18.2. The second-order valence-corrected chi connectivity index (χ2v) is 8.44. The average Bonchev–Trinajstić information content (AvgIpc) is 3.22. The molecule has 1 radical (unpaired) electrons. The molecule has 28 heavy (non-hydrogen) atoms. The van der Waals surface area contributed by atoms with E-state index in [-0.39, 0.29) is 5.91 Å². The molecule has 0 fully saturated rings. The Balaban J connectivity index is 1.50. The molecular weight excluding hydrogens is 364 g/mol. The number of amides is 1. The number of thiazole rings is 1. The molecule has 0 N–H and O–H groups in total. The highest BCUT2D eigenvalue weighted by molar-refractivity contribution is 7.09. The first-order chi connectivity index (χ1) is 13.7. The van der Waals surface area contributed by atoms with Crippen molar-refractivity contribution in [1.29, 1.82) is 0 Å². The van der Waals surface area contributed by atoms with Crippen molar-refractivity contribution < 1.29 is 4.79 Å². The first-order valence-electron chi connectivity index (χ1n) is 10.7. The molecule has 0 unspecified atom stereocenters. The van der Waals surface area contributed by atoms with Crippen molar-refractivity contribution in [2.24, 2.45) is 0 Å². The van der Waals surface area contributed by atoms with E-state index < -0.39 is 0 Å². The molecule has 0 saturated heterocycles. The maximum atomic E-state index is 12.3. The van der Waals surface area contributed by atoms with Crippen LogP contribution in [0.15, 0.2) is 36.0 Å². The van der Waals surface area contributed by atoms with Gasteiger partial charge in [0.2, 0.25) is 5.91 Å². The van der Waals surface area contributed by atoms with Gasteiger partial charge < -0.3 is 4.90 Å². The Morgan fingerprint density at radius 2 is 1.64 bits per heavy atom. The van der Waals surface area contributed by atoms with Gasteiger partial charge in [-0.15, -0.1) is 11.3 Å². The molecule has 0 aliphatic carbocycles. The van der Waals surface area contributed by atoms with Crippen molar-refractivity contribution >= 4 is 17.2 Å². The van der Waals surface area contributed by atoms with Gasteiger partial charge in [0.25, 0.3) is 0 Å². The van der Waals surface area contributed by atoms with Crippen molar-refractivity contribution in [3.63, 3.8) is 0 Å². The molecule has 0 spiro atoms. The summed E-state index contributed by atoms with van der Waals surface area (Å²) in [6.45, 7) is 7.29. The van der Waals surface area contributed by atoms with Crippen LogP contribution in [0.25, 0.3) is 0 Å². The molecule has 0 aliphatic heterocycles. The summed E-state index contributed by atoms with van der Waals surface area (Å²) in [6, 6.07) is 9.13. The Morgan fingerprint density at radius 3 is 2.25 bits per heavy atom. The topological polar surface area (TPSA) is 33.2 Å². The van der Waals surface area contributed by atoms with E-state index in [2.05, 4.69) is 43.1 Å². The van der Waals surface area contributed by atoms with Crippen LogP contribution in [-0.4, -0.2) is 22.3 Å². The fraction of sp³-hybridized carbons (Fsp3) is 0.542. The minimum absolute atomic E-state index is 0.218. The first-order valence-corrected chi connectivity index (χ1v) is 11.6. The van der Waals surface area contributed by atoms with E-state index in [1.165, 1.54) is 56.1 Å². The summed E-state index contributed by atoms with van der Waals surface area (Å²) < 4.78 is 0. The number of unbranched alkanes of at least 4 members (excludes halogenated alkanes) is 5. The van der Waals surface area contributed by atoms with Gasteiger partial charge in [0, 0.05) is 24.0 Å². The summed E-state index contributed by atoms with van der Waals surface area (Å²) in [7, 11) is 0. The normalized spacial score (nSPS) is 10.9. The number of carbonyl (C=O) groups excluding carboxylic acids is 1. The second-order valence-electron chi connectivity index (χ2n) is 7.47. The third-order valence-corrected chi connectivity index (χ3v) is 5.88. The predicted octanol–water partition coefficient (Wildman–Crippen LogP) is 6.23. The fourth-order valence-electron chi connectivity index (χ4n) is 3.43.